The minimum Gasteiger partial charge on any atom is -0.311 e. The van der Waals surface area contributed by atoms with E-state index in [1.165, 1.54) is 9.88 Å². The van der Waals surface area contributed by atoms with E-state index in [1.54, 1.807) is 11.3 Å². The minimum atomic E-state index is 0.382. The van der Waals surface area contributed by atoms with E-state index in [4.69, 9.17) is 0 Å². The van der Waals surface area contributed by atoms with Crippen molar-refractivity contribution in [3.05, 3.63) is 15.6 Å². The quantitative estimate of drug-likeness (QED) is 0.734. The molecule has 2 nitrogen and oxygen atoms in total. The standard InChI is InChI=1S/C8H14N2S/c1-5-7(3)11-8(10-5)6(2)9-4/h6,9H,1-4H3. The summed E-state index contributed by atoms with van der Waals surface area (Å²) in [5.41, 5.74) is 1.16. The summed E-state index contributed by atoms with van der Waals surface area (Å²) in [6, 6.07) is 0.382. The lowest BCUT2D eigenvalue weighted by Gasteiger charge is -2.03. The minimum absolute atomic E-state index is 0.382. The molecule has 1 aromatic rings. The van der Waals surface area contributed by atoms with Gasteiger partial charge in [-0.2, -0.15) is 0 Å². The number of aromatic nitrogens is 1. The number of nitrogens with zero attached hydrogens (tertiary/aromatic N) is 1. The highest BCUT2D eigenvalue weighted by Gasteiger charge is 2.08. The molecule has 62 valence electrons. The molecule has 1 N–H and O–H groups in total. The lowest BCUT2D eigenvalue weighted by Crippen LogP contribution is -2.11. The van der Waals surface area contributed by atoms with Gasteiger partial charge in [-0.3, -0.25) is 0 Å². The van der Waals surface area contributed by atoms with Crippen molar-refractivity contribution < 1.29 is 0 Å². The first kappa shape index (κ1) is 8.68. The summed E-state index contributed by atoms with van der Waals surface area (Å²) >= 11 is 1.77. The lowest BCUT2D eigenvalue weighted by molar-refractivity contribution is 0.646. The van der Waals surface area contributed by atoms with Gasteiger partial charge in [-0.1, -0.05) is 0 Å². The average Bonchev–Trinajstić information content (AvgIpc) is 2.31. The fourth-order valence-corrected chi connectivity index (χ4v) is 1.79. The zero-order chi connectivity index (χ0) is 8.43. The van der Waals surface area contributed by atoms with Gasteiger partial charge in [-0.05, 0) is 27.8 Å². The lowest BCUT2D eigenvalue weighted by atomic mass is 10.3. The normalized spacial score (nSPS) is 13.5. The largest absolute Gasteiger partial charge is 0.311 e. The predicted molar refractivity (Wildman–Crippen MR) is 49.1 cm³/mol. The van der Waals surface area contributed by atoms with E-state index in [-0.39, 0.29) is 0 Å². The van der Waals surface area contributed by atoms with Gasteiger partial charge >= 0.3 is 0 Å². The van der Waals surface area contributed by atoms with Crippen LogP contribution in [-0.4, -0.2) is 12.0 Å². The topological polar surface area (TPSA) is 24.9 Å². The second-order valence-corrected chi connectivity index (χ2v) is 3.94. The fourth-order valence-electron chi connectivity index (χ4n) is 0.806. The highest BCUT2D eigenvalue weighted by atomic mass is 32.1. The fraction of sp³-hybridized carbons (Fsp3) is 0.625. The van der Waals surface area contributed by atoms with Crippen molar-refractivity contribution in [1.29, 1.82) is 0 Å². The van der Waals surface area contributed by atoms with Crippen LogP contribution in [0.4, 0.5) is 0 Å². The van der Waals surface area contributed by atoms with Gasteiger partial charge in [0.15, 0.2) is 0 Å². The van der Waals surface area contributed by atoms with Crippen LogP contribution in [-0.2, 0) is 0 Å². The molecule has 1 atom stereocenters. The molecule has 0 aromatic carbocycles. The molecule has 0 saturated heterocycles. The average molecular weight is 170 g/mol. The Labute approximate surface area is 71.7 Å². The zero-order valence-corrected chi connectivity index (χ0v) is 8.25. The van der Waals surface area contributed by atoms with Crippen LogP contribution in [0.2, 0.25) is 0 Å². The molecule has 1 unspecified atom stereocenters. The first-order valence-electron chi connectivity index (χ1n) is 3.76. The van der Waals surface area contributed by atoms with Gasteiger partial charge in [0.2, 0.25) is 0 Å². The van der Waals surface area contributed by atoms with Crippen molar-refractivity contribution in [2.24, 2.45) is 0 Å². The molecule has 0 aliphatic heterocycles. The summed E-state index contributed by atoms with van der Waals surface area (Å²) in [6.07, 6.45) is 0. The molecule has 3 heteroatoms. The first-order valence-corrected chi connectivity index (χ1v) is 4.58. The molecule has 0 aliphatic carbocycles. The van der Waals surface area contributed by atoms with Gasteiger partial charge in [0, 0.05) is 4.88 Å². The van der Waals surface area contributed by atoms with Crippen LogP contribution in [0.5, 0.6) is 0 Å². The van der Waals surface area contributed by atoms with Gasteiger partial charge in [0.25, 0.3) is 0 Å². The maximum absolute atomic E-state index is 4.44. The third kappa shape index (κ3) is 1.79. The van der Waals surface area contributed by atoms with Crippen molar-refractivity contribution in [2.45, 2.75) is 26.8 Å². The summed E-state index contributed by atoms with van der Waals surface area (Å²) < 4.78 is 0. The van der Waals surface area contributed by atoms with Crippen molar-refractivity contribution in [3.8, 4) is 0 Å². The molecule has 0 amide bonds. The van der Waals surface area contributed by atoms with Gasteiger partial charge in [-0.25, -0.2) is 4.98 Å². The molecule has 1 aromatic heterocycles. The van der Waals surface area contributed by atoms with E-state index in [2.05, 4.69) is 31.1 Å². The van der Waals surface area contributed by atoms with E-state index in [9.17, 15) is 0 Å². The van der Waals surface area contributed by atoms with Crippen LogP contribution < -0.4 is 5.32 Å². The van der Waals surface area contributed by atoms with Crippen molar-refractivity contribution in [2.75, 3.05) is 7.05 Å². The maximum Gasteiger partial charge on any atom is 0.110 e. The molecule has 0 radical (unpaired) electrons. The van der Waals surface area contributed by atoms with Crippen molar-refractivity contribution in [1.82, 2.24) is 10.3 Å². The van der Waals surface area contributed by atoms with E-state index in [0.717, 1.165) is 5.69 Å². The first-order chi connectivity index (χ1) is 5.15. The maximum atomic E-state index is 4.44. The summed E-state index contributed by atoms with van der Waals surface area (Å²) in [5.74, 6) is 0. The number of nitrogens with one attached hydrogen (secondary N) is 1. The van der Waals surface area contributed by atoms with Crippen LogP contribution in [0.3, 0.4) is 0 Å². The van der Waals surface area contributed by atoms with E-state index in [1.807, 2.05) is 7.05 Å². The van der Waals surface area contributed by atoms with E-state index < -0.39 is 0 Å². The summed E-state index contributed by atoms with van der Waals surface area (Å²) in [6.45, 7) is 6.29. The van der Waals surface area contributed by atoms with Gasteiger partial charge in [0.1, 0.15) is 5.01 Å². The molecule has 0 bridgehead atoms. The number of rotatable bonds is 2. The van der Waals surface area contributed by atoms with Crippen LogP contribution in [0.1, 0.15) is 28.5 Å². The Balaban J connectivity index is 2.88. The number of hydrogen-bond donors (Lipinski definition) is 1. The molecule has 0 aliphatic rings. The predicted octanol–water partition coefficient (Wildman–Crippen LogP) is 2.04. The highest BCUT2D eigenvalue weighted by molar-refractivity contribution is 7.11. The van der Waals surface area contributed by atoms with Crippen LogP contribution in [0.15, 0.2) is 0 Å². The third-order valence-corrected chi connectivity index (χ3v) is 3.10. The number of thiazole rings is 1. The third-order valence-electron chi connectivity index (χ3n) is 1.85. The Morgan fingerprint density at radius 2 is 2.09 bits per heavy atom. The van der Waals surface area contributed by atoms with E-state index >= 15 is 0 Å². The Bertz CT molecular complexity index is 223. The van der Waals surface area contributed by atoms with Crippen molar-refractivity contribution in [3.63, 3.8) is 0 Å². The highest BCUT2D eigenvalue weighted by Crippen LogP contribution is 2.21. The monoisotopic (exact) mass is 170 g/mol. The van der Waals surface area contributed by atoms with Crippen LogP contribution >= 0.6 is 11.3 Å². The van der Waals surface area contributed by atoms with Gasteiger partial charge in [-0.15, -0.1) is 11.3 Å². The van der Waals surface area contributed by atoms with Crippen LogP contribution in [0.25, 0.3) is 0 Å². The SMILES string of the molecule is CNC(C)c1nc(C)c(C)s1. The molecule has 1 heterocycles. The molecular weight excluding hydrogens is 156 g/mol. The molecule has 11 heavy (non-hydrogen) atoms. The Hall–Kier alpha value is -0.410. The van der Waals surface area contributed by atoms with E-state index in [0.29, 0.717) is 6.04 Å². The summed E-state index contributed by atoms with van der Waals surface area (Å²) in [7, 11) is 1.96. The van der Waals surface area contributed by atoms with Crippen molar-refractivity contribution >= 4 is 11.3 Å². The van der Waals surface area contributed by atoms with Gasteiger partial charge in [0.05, 0.1) is 11.7 Å². The number of hydrogen-bond acceptors (Lipinski definition) is 3. The molecule has 1 rings (SSSR count). The summed E-state index contributed by atoms with van der Waals surface area (Å²) in [4.78, 5) is 5.76. The zero-order valence-electron chi connectivity index (χ0n) is 7.43. The molecule has 0 spiro atoms. The summed E-state index contributed by atoms with van der Waals surface area (Å²) in [5, 5.41) is 4.35. The van der Waals surface area contributed by atoms with Gasteiger partial charge < -0.3 is 5.32 Å². The van der Waals surface area contributed by atoms with Crippen LogP contribution in [0, 0.1) is 13.8 Å². The molecular formula is C8H14N2S. The number of aryl methyl sites for hydroxylation is 2. The molecule has 0 saturated carbocycles. The second kappa shape index (κ2) is 3.32. The molecule has 0 fully saturated rings. The smallest absolute Gasteiger partial charge is 0.110 e. The second-order valence-electron chi connectivity index (χ2n) is 2.70. The Morgan fingerprint density at radius 3 is 2.45 bits per heavy atom. The Kier molecular flexibility index (Phi) is 2.62. The Morgan fingerprint density at radius 1 is 1.45 bits per heavy atom.